The first-order valence-electron chi connectivity index (χ1n) is 10.8. The van der Waals surface area contributed by atoms with Crippen LogP contribution in [0.1, 0.15) is 62.6 Å². The van der Waals surface area contributed by atoms with Crippen LogP contribution in [0.3, 0.4) is 0 Å². The number of pyridine rings is 1. The fraction of sp³-hybridized carbons (Fsp3) is 0.458. The number of ether oxygens (including phenoxy) is 1. The molecule has 30 heavy (non-hydrogen) atoms. The number of rotatable bonds is 7. The number of fused-ring (bicyclic) bond motifs is 1. The van der Waals surface area contributed by atoms with Crippen LogP contribution in [-0.2, 0) is 4.74 Å². The van der Waals surface area contributed by atoms with Crippen LogP contribution in [0.4, 0.5) is 5.95 Å². The van der Waals surface area contributed by atoms with E-state index < -0.39 is 0 Å². The van der Waals surface area contributed by atoms with Gasteiger partial charge in [-0.25, -0.2) is 4.98 Å². The fourth-order valence-electron chi connectivity index (χ4n) is 4.46. The maximum Gasteiger partial charge on any atom is 0.256 e. The van der Waals surface area contributed by atoms with Crippen LogP contribution in [-0.4, -0.2) is 34.3 Å². The number of nitrogens with one attached hydrogen (secondary N) is 1. The van der Waals surface area contributed by atoms with E-state index in [-0.39, 0.29) is 23.6 Å². The minimum Gasteiger partial charge on any atom is -0.383 e. The predicted molar refractivity (Wildman–Crippen MR) is 120 cm³/mol. The Hall–Kier alpha value is -2.73. The predicted octanol–water partition coefficient (Wildman–Crippen LogP) is 4.51. The van der Waals surface area contributed by atoms with Crippen LogP contribution in [0.15, 0.2) is 47.4 Å². The van der Waals surface area contributed by atoms with Gasteiger partial charge in [-0.15, -0.1) is 0 Å². The number of benzene rings is 1. The van der Waals surface area contributed by atoms with Gasteiger partial charge in [-0.2, -0.15) is 4.98 Å². The van der Waals surface area contributed by atoms with Crippen LogP contribution in [0.25, 0.3) is 11.0 Å². The van der Waals surface area contributed by atoms with Gasteiger partial charge < -0.3 is 10.1 Å². The van der Waals surface area contributed by atoms with Crippen LogP contribution in [0.2, 0.25) is 0 Å². The van der Waals surface area contributed by atoms with Crippen LogP contribution >= 0.6 is 0 Å². The molecule has 2 aromatic heterocycles. The first-order valence-corrected chi connectivity index (χ1v) is 10.8. The molecule has 0 radical (unpaired) electrons. The van der Waals surface area contributed by atoms with Gasteiger partial charge in [0.1, 0.15) is 5.65 Å². The first-order chi connectivity index (χ1) is 14.6. The first kappa shape index (κ1) is 20.5. The van der Waals surface area contributed by atoms with E-state index in [1.165, 1.54) is 0 Å². The van der Waals surface area contributed by atoms with Crippen molar-refractivity contribution in [3.63, 3.8) is 0 Å². The molecule has 1 fully saturated rings. The van der Waals surface area contributed by atoms with Crippen LogP contribution in [0, 0.1) is 0 Å². The highest BCUT2D eigenvalue weighted by atomic mass is 16.5. The summed E-state index contributed by atoms with van der Waals surface area (Å²) in [6.45, 7) is 4.68. The fourth-order valence-corrected chi connectivity index (χ4v) is 4.46. The van der Waals surface area contributed by atoms with Crippen molar-refractivity contribution in [3.8, 4) is 0 Å². The molecule has 3 aromatic rings. The second-order valence-corrected chi connectivity index (χ2v) is 8.32. The van der Waals surface area contributed by atoms with Crippen molar-refractivity contribution < 1.29 is 4.74 Å². The zero-order valence-electron chi connectivity index (χ0n) is 18.0. The summed E-state index contributed by atoms with van der Waals surface area (Å²) in [4.78, 5) is 23.0. The highest BCUT2D eigenvalue weighted by Crippen LogP contribution is 2.32. The molecule has 2 unspecified atom stereocenters. The Morgan fingerprint density at radius 1 is 1.20 bits per heavy atom. The molecule has 0 bridgehead atoms. The van der Waals surface area contributed by atoms with Crippen LogP contribution in [0.5, 0.6) is 0 Å². The molecule has 1 N–H and O–H groups in total. The number of hydrogen-bond donors (Lipinski definition) is 1. The Kier molecular flexibility index (Phi) is 6.13. The van der Waals surface area contributed by atoms with E-state index in [0.717, 1.165) is 47.8 Å². The van der Waals surface area contributed by atoms with E-state index in [2.05, 4.69) is 29.4 Å². The topological polar surface area (TPSA) is 69.0 Å². The van der Waals surface area contributed by atoms with E-state index in [4.69, 9.17) is 9.72 Å². The Labute approximate surface area is 177 Å². The summed E-state index contributed by atoms with van der Waals surface area (Å²) in [6, 6.07) is 12.4. The molecule has 6 heteroatoms. The molecule has 6 nitrogen and oxygen atoms in total. The summed E-state index contributed by atoms with van der Waals surface area (Å²) in [5.74, 6) is 0.539. The summed E-state index contributed by atoms with van der Waals surface area (Å²) in [5, 5.41) is 4.18. The quantitative estimate of drug-likeness (QED) is 0.625. The summed E-state index contributed by atoms with van der Waals surface area (Å²) in [7, 11) is 1.67. The van der Waals surface area contributed by atoms with E-state index >= 15 is 0 Å². The zero-order valence-corrected chi connectivity index (χ0v) is 18.0. The largest absolute Gasteiger partial charge is 0.383 e. The highest BCUT2D eigenvalue weighted by Gasteiger charge is 2.24. The standard InChI is InChI=1S/C24H30N4O2/c1-16(15-30-3)26-24-25-14-19-13-21(17(2)18-9-5-4-6-10-18)23(29)28(22(19)27-24)20-11-7-8-12-20/h4-6,9-10,13-14,16-17,20H,7-8,11-12,15H2,1-3H3,(H,25,26,27). The second-order valence-electron chi connectivity index (χ2n) is 8.32. The lowest BCUT2D eigenvalue weighted by molar-refractivity contribution is 0.190. The molecule has 2 heterocycles. The van der Waals surface area contributed by atoms with E-state index in [9.17, 15) is 4.79 Å². The summed E-state index contributed by atoms with van der Waals surface area (Å²) in [6.07, 6.45) is 6.17. The molecule has 1 aliphatic rings. The smallest absolute Gasteiger partial charge is 0.256 e. The maximum atomic E-state index is 13.7. The zero-order chi connectivity index (χ0) is 21.1. The SMILES string of the molecule is COCC(C)Nc1ncc2cc(C(C)c3ccccc3)c(=O)n(C3CCCC3)c2n1. The van der Waals surface area contributed by atoms with Gasteiger partial charge in [0.2, 0.25) is 5.95 Å². The van der Waals surface area contributed by atoms with Gasteiger partial charge in [0, 0.05) is 42.3 Å². The summed E-state index contributed by atoms with van der Waals surface area (Å²) in [5.41, 5.74) is 2.73. The van der Waals surface area contributed by atoms with Crippen molar-refractivity contribution in [2.24, 2.45) is 0 Å². The Morgan fingerprint density at radius 2 is 1.93 bits per heavy atom. The number of nitrogens with zero attached hydrogens (tertiary/aromatic N) is 3. The minimum atomic E-state index is 0.00952. The third-order valence-electron chi connectivity index (χ3n) is 6.05. The molecule has 158 valence electrons. The Bertz CT molecular complexity index is 1060. The maximum absolute atomic E-state index is 13.7. The lowest BCUT2D eigenvalue weighted by Gasteiger charge is -2.21. The summed E-state index contributed by atoms with van der Waals surface area (Å²) >= 11 is 0. The van der Waals surface area contributed by atoms with Crippen molar-refractivity contribution in [3.05, 3.63) is 64.1 Å². The number of hydrogen-bond acceptors (Lipinski definition) is 5. The third-order valence-corrected chi connectivity index (χ3v) is 6.05. The Morgan fingerprint density at radius 3 is 2.63 bits per heavy atom. The summed E-state index contributed by atoms with van der Waals surface area (Å²) < 4.78 is 7.13. The molecule has 4 rings (SSSR count). The molecule has 0 spiro atoms. The van der Waals surface area contributed by atoms with Crippen molar-refractivity contribution in [1.82, 2.24) is 14.5 Å². The molecular weight excluding hydrogens is 376 g/mol. The van der Waals surface area contributed by atoms with Gasteiger partial charge in [0.25, 0.3) is 5.56 Å². The average Bonchev–Trinajstić information content (AvgIpc) is 3.28. The highest BCUT2D eigenvalue weighted by molar-refractivity contribution is 5.76. The van der Waals surface area contributed by atoms with Gasteiger partial charge in [-0.3, -0.25) is 9.36 Å². The third kappa shape index (κ3) is 4.10. The van der Waals surface area contributed by atoms with Crippen molar-refractivity contribution >= 4 is 17.0 Å². The molecule has 0 amide bonds. The number of anilines is 1. The molecular formula is C24H30N4O2. The van der Waals surface area contributed by atoms with Gasteiger partial charge in [0.05, 0.1) is 6.61 Å². The number of methoxy groups -OCH3 is 1. The molecule has 1 saturated carbocycles. The van der Waals surface area contributed by atoms with Gasteiger partial charge in [-0.1, -0.05) is 50.1 Å². The van der Waals surface area contributed by atoms with E-state index in [1.807, 2.05) is 42.0 Å². The molecule has 0 saturated heterocycles. The molecule has 1 aliphatic carbocycles. The van der Waals surface area contributed by atoms with Crippen molar-refractivity contribution in [2.45, 2.75) is 57.5 Å². The van der Waals surface area contributed by atoms with Crippen molar-refractivity contribution in [1.29, 1.82) is 0 Å². The lowest BCUT2D eigenvalue weighted by Crippen LogP contribution is -2.29. The van der Waals surface area contributed by atoms with E-state index in [1.54, 1.807) is 7.11 Å². The van der Waals surface area contributed by atoms with Crippen LogP contribution < -0.4 is 10.9 Å². The molecule has 2 atom stereocenters. The Balaban J connectivity index is 1.83. The van der Waals surface area contributed by atoms with Gasteiger partial charge in [-0.05, 0) is 31.4 Å². The normalized spacial score (nSPS) is 16.6. The van der Waals surface area contributed by atoms with Gasteiger partial charge >= 0.3 is 0 Å². The lowest BCUT2D eigenvalue weighted by atomic mass is 9.93. The monoisotopic (exact) mass is 406 g/mol. The second kappa shape index (κ2) is 8.96. The molecule has 1 aromatic carbocycles. The number of aromatic nitrogens is 3. The van der Waals surface area contributed by atoms with Gasteiger partial charge in [0.15, 0.2) is 0 Å². The van der Waals surface area contributed by atoms with E-state index in [0.29, 0.717) is 12.6 Å². The van der Waals surface area contributed by atoms with Crippen molar-refractivity contribution in [2.75, 3.05) is 19.0 Å². The molecule has 0 aliphatic heterocycles. The average molecular weight is 407 g/mol. The minimum absolute atomic E-state index is 0.00952.